The zero-order valence-electron chi connectivity index (χ0n) is 10.2. The molecule has 0 saturated carbocycles. The molecule has 2 N–H and O–H groups in total. The van der Waals surface area contributed by atoms with Gasteiger partial charge in [0.15, 0.2) is 0 Å². The van der Waals surface area contributed by atoms with Gasteiger partial charge in [-0.15, -0.1) is 11.8 Å². The highest BCUT2D eigenvalue weighted by atomic mass is 32.2. The number of rotatable bonds is 1. The molecule has 0 fully saturated rings. The van der Waals surface area contributed by atoms with Gasteiger partial charge in [0.25, 0.3) is 0 Å². The average Bonchev–Trinajstić information content (AvgIpc) is 2.35. The van der Waals surface area contributed by atoms with Gasteiger partial charge in [0, 0.05) is 4.90 Å². The van der Waals surface area contributed by atoms with Gasteiger partial charge in [-0.3, -0.25) is 0 Å². The van der Waals surface area contributed by atoms with Gasteiger partial charge < -0.3 is 5.73 Å². The number of hydrogen-bond donors (Lipinski definition) is 1. The van der Waals surface area contributed by atoms with E-state index >= 15 is 0 Å². The number of thioether (sulfide) groups is 1. The second-order valence-corrected chi connectivity index (χ2v) is 6.09. The lowest BCUT2D eigenvalue weighted by atomic mass is 9.91. The van der Waals surface area contributed by atoms with Crippen molar-refractivity contribution in [1.82, 2.24) is 0 Å². The Morgan fingerprint density at radius 1 is 1.29 bits per heavy atom. The number of amidine groups is 1. The number of aryl methyl sites for hydroxylation is 2. The minimum absolute atomic E-state index is 0.365. The Bertz CT molecular complexity index is 479. The summed E-state index contributed by atoms with van der Waals surface area (Å²) in [5, 5.41) is 0.365. The molecule has 90 valence electrons. The Morgan fingerprint density at radius 3 is 2.71 bits per heavy atom. The van der Waals surface area contributed by atoms with Gasteiger partial charge >= 0.3 is 0 Å². The largest absolute Gasteiger partial charge is 0.386 e. The van der Waals surface area contributed by atoms with Crippen LogP contribution in [0.4, 0.5) is 5.69 Å². The molecule has 2 nitrogen and oxygen atoms in total. The van der Waals surface area contributed by atoms with E-state index in [4.69, 9.17) is 5.73 Å². The molecule has 2 aliphatic rings. The Hall–Kier alpha value is -0.960. The van der Waals surface area contributed by atoms with Gasteiger partial charge in [-0.2, -0.15) is 0 Å². The number of nitrogens with zero attached hydrogens (tertiary/aromatic N) is 1. The van der Waals surface area contributed by atoms with Gasteiger partial charge in [0.1, 0.15) is 5.84 Å². The fourth-order valence-electron chi connectivity index (χ4n) is 2.65. The molecule has 1 aromatic rings. The van der Waals surface area contributed by atoms with Crippen LogP contribution in [0.2, 0.25) is 0 Å². The molecule has 1 atom stereocenters. The smallest absolute Gasteiger partial charge is 0.113 e. The lowest BCUT2D eigenvalue weighted by molar-refractivity contribution is 0.683. The van der Waals surface area contributed by atoms with Crippen molar-refractivity contribution in [1.29, 1.82) is 0 Å². The molecule has 0 saturated heterocycles. The van der Waals surface area contributed by atoms with Crippen LogP contribution in [-0.4, -0.2) is 11.1 Å². The molecule has 1 aromatic carbocycles. The third kappa shape index (κ3) is 1.97. The monoisotopic (exact) mass is 246 g/mol. The van der Waals surface area contributed by atoms with E-state index in [9.17, 15) is 0 Å². The van der Waals surface area contributed by atoms with Gasteiger partial charge in [-0.1, -0.05) is 6.92 Å². The van der Waals surface area contributed by atoms with Crippen molar-refractivity contribution in [3.05, 3.63) is 23.3 Å². The molecule has 0 amide bonds. The Balaban J connectivity index is 2.04. The lowest BCUT2D eigenvalue weighted by Crippen LogP contribution is -2.27. The fraction of sp³-hybridized carbons (Fsp3) is 0.500. The van der Waals surface area contributed by atoms with Crippen molar-refractivity contribution in [2.75, 3.05) is 0 Å². The van der Waals surface area contributed by atoms with Crippen LogP contribution >= 0.6 is 11.8 Å². The third-order valence-electron chi connectivity index (χ3n) is 3.64. The zero-order valence-corrected chi connectivity index (χ0v) is 11.0. The van der Waals surface area contributed by atoms with E-state index in [1.165, 1.54) is 41.7 Å². The SMILES string of the molecule is CCC1Sc2cc3c(cc2N=C1N)CCCC3. The summed E-state index contributed by atoms with van der Waals surface area (Å²) in [5.41, 5.74) is 10.1. The average molecular weight is 246 g/mol. The highest BCUT2D eigenvalue weighted by molar-refractivity contribution is 8.00. The van der Waals surface area contributed by atoms with E-state index in [-0.39, 0.29) is 0 Å². The van der Waals surface area contributed by atoms with E-state index in [0.717, 1.165) is 17.9 Å². The summed E-state index contributed by atoms with van der Waals surface area (Å²) in [5.74, 6) is 0.792. The second kappa shape index (κ2) is 4.37. The molecule has 0 bridgehead atoms. The zero-order chi connectivity index (χ0) is 11.8. The van der Waals surface area contributed by atoms with Gasteiger partial charge in [0.2, 0.25) is 0 Å². The van der Waals surface area contributed by atoms with E-state index in [1.807, 2.05) is 11.8 Å². The summed E-state index contributed by atoms with van der Waals surface area (Å²) in [7, 11) is 0. The maximum Gasteiger partial charge on any atom is 0.113 e. The first-order chi connectivity index (χ1) is 8.28. The molecule has 1 heterocycles. The molecule has 1 unspecified atom stereocenters. The van der Waals surface area contributed by atoms with Crippen LogP contribution in [0.15, 0.2) is 22.0 Å². The summed E-state index contributed by atoms with van der Waals surface area (Å²) < 4.78 is 0. The summed E-state index contributed by atoms with van der Waals surface area (Å²) in [6.07, 6.45) is 6.14. The van der Waals surface area contributed by atoms with Crippen molar-refractivity contribution < 1.29 is 0 Å². The molecule has 3 rings (SSSR count). The van der Waals surface area contributed by atoms with Crippen LogP contribution < -0.4 is 5.73 Å². The Kier molecular flexibility index (Phi) is 2.87. The topological polar surface area (TPSA) is 38.4 Å². The van der Waals surface area contributed by atoms with Crippen molar-refractivity contribution in [3.63, 3.8) is 0 Å². The molecule has 0 spiro atoms. The van der Waals surface area contributed by atoms with Crippen LogP contribution in [0.5, 0.6) is 0 Å². The Morgan fingerprint density at radius 2 is 2.00 bits per heavy atom. The maximum atomic E-state index is 6.01. The minimum Gasteiger partial charge on any atom is -0.386 e. The van der Waals surface area contributed by atoms with Crippen molar-refractivity contribution in [2.24, 2.45) is 10.7 Å². The molecular weight excluding hydrogens is 228 g/mol. The fourth-order valence-corrected chi connectivity index (χ4v) is 3.73. The van der Waals surface area contributed by atoms with Gasteiger partial charge in [0.05, 0.1) is 10.9 Å². The van der Waals surface area contributed by atoms with E-state index in [0.29, 0.717) is 5.25 Å². The quantitative estimate of drug-likeness (QED) is 0.824. The predicted molar refractivity (Wildman–Crippen MR) is 74.3 cm³/mol. The predicted octanol–water partition coefficient (Wildman–Crippen LogP) is 3.44. The van der Waals surface area contributed by atoms with E-state index in [1.54, 1.807) is 0 Å². The molecule has 1 aliphatic heterocycles. The molecule has 3 heteroatoms. The third-order valence-corrected chi connectivity index (χ3v) is 5.08. The van der Waals surface area contributed by atoms with Crippen LogP contribution in [0.3, 0.4) is 0 Å². The minimum atomic E-state index is 0.365. The summed E-state index contributed by atoms with van der Waals surface area (Å²) in [4.78, 5) is 5.91. The van der Waals surface area contributed by atoms with Gasteiger partial charge in [-0.25, -0.2) is 4.99 Å². The number of hydrogen-bond acceptors (Lipinski definition) is 3. The summed E-state index contributed by atoms with van der Waals surface area (Å²) >= 11 is 1.88. The number of nitrogens with two attached hydrogens (primary N) is 1. The summed E-state index contributed by atoms with van der Waals surface area (Å²) in [6, 6.07) is 4.61. The highest BCUT2D eigenvalue weighted by Gasteiger charge is 2.22. The number of fused-ring (bicyclic) bond motifs is 2. The van der Waals surface area contributed by atoms with Crippen LogP contribution in [0.25, 0.3) is 0 Å². The molecule has 17 heavy (non-hydrogen) atoms. The maximum absolute atomic E-state index is 6.01. The highest BCUT2D eigenvalue weighted by Crippen LogP contribution is 2.41. The standard InChI is InChI=1S/C14H18N2S/c1-2-12-14(15)16-11-7-9-5-3-4-6-10(9)8-13(11)17-12/h7-8,12H,2-6H2,1H3,(H2,15,16). The molecule has 1 aliphatic carbocycles. The second-order valence-electron chi connectivity index (χ2n) is 4.85. The van der Waals surface area contributed by atoms with Crippen molar-refractivity contribution >= 4 is 23.3 Å². The normalized spacial score (nSPS) is 22.6. The molecule has 0 aromatic heterocycles. The van der Waals surface area contributed by atoms with Crippen LogP contribution in [0.1, 0.15) is 37.3 Å². The van der Waals surface area contributed by atoms with E-state index in [2.05, 4.69) is 24.0 Å². The van der Waals surface area contributed by atoms with Crippen LogP contribution in [-0.2, 0) is 12.8 Å². The molecular formula is C14H18N2S. The lowest BCUT2D eigenvalue weighted by Gasteiger charge is -2.24. The Labute approximate surface area is 107 Å². The molecule has 0 radical (unpaired) electrons. The van der Waals surface area contributed by atoms with Gasteiger partial charge in [-0.05, 0) is 55.4 Å². The first-order valence-corrected chi connectivity index (χ1v) is 7.32. The van der Waals surface area contributed by atoms with Crippen molar-refractivity contribution in [2.45, 2.75) is 49.2 Å². The van der Waals surface area contributed by atoms with Crippen LogP contribution in [0, 0.1) is 0 Å². The van der Waals surface area contributed by atoms with E-state index < -0.39 is 0 Å². The first-order valence-electron chi connectivity index (χ1n) is 6.44. The summed E-state index contributed by atoms with van der Waals surface area (Å²) in [6.45, 7) is 2.17. The van der Waals surface area contributed by atoms with Crippen molar-refractivity contribution in [3.8, 4) is 0 Å². The number of aliphatic imine (C=N–C) groups is 1. The number of benzene rings is 1. The first kappa shape index (κ1) is 11.1.